The summed E-state index contributed by atoms with van der Waals surface area (Å²) in [5.74, 6) is 0.811. The number of pyridine rings is 1. The van der Waals surface area contributed by atoms with E-state index in [1.54, 1.807) is 32.2 Å². The first-order chi connectivity index (χ1) is 13.5. The molecule has 2 aromatic carbocycles. The van der Waals surface area contributed by atoms with Gasteiger partial charge in [0.05, 0.1) is 12.7 Å². The summed E-state index contributed by atoms with van der Waals surface area (Å²) < 4.78 is 5.32. The van der Waals surface area contributed by atoms with Crippen LogP contribution in [-0.4, -0.2) is 18.3 Å². The summed E-state index contributed by atoms with van der Waals surface area (Å²) in [6.07, 6.45) is 1.47. The second kappa shape index (κ2) is 9.76. The number of hydrogen-bond donors (Lipinski definition) is 1. The number of ether oxygens (including phenoxy) is 1. The van der Waals surface area contributed by atoms with Crippen LogP contribution in [0.15, 0.2) is 59.0 Å². The highest BCUT2D eigenvalue weighted by Crippen LogP contribution is 2.35. The van der Waals surface area contributed by atoms with Crippen molar-refractivity contribution in [3.8, 4) is 16.9 Å². The molecule has 0 spiro atoms. The van der Waals surface area contributed by atoms with Crippen LogP contribution in [0.1, 0.15) is 26.3 Å². The van der Waals surface area contributed by atoms with Crippen LogP contribution in [0, 0.1) is 0 Å². The number of aromatic amines is 1. The maximum Gasteiger partial charge on any atom is 0.260 e. The van der Waals surface area contributed by atoms with E-state index in [1.165, 1.54) is 6.21 Å². The van der Waals surface area contributed by atoms with E-state index in [0.29, 0.717) is 27.4 Å². The lowest BCUT2D eigenvalue weighted by Crippen LogP contribution is -2.14. The highest BCUT2D eigenvalue weighted by Gasteiger charge is 2.19. The Morgan fingerprint density at radius 1 is 1.21 bits per heavy atom. The van der Waals surface area contributed by atoms with Crippen LogP contribution in [0.2, 0.25) is 5.02 Å². The van der Waals surface area contributed by atoms with Crippen LogP contribution in [0.3, 0.4) is 0 Å². The van der Waals surface area contributed by atoms with Gasteiger partial charge in [-0.15, -0.1) is 0 Å². The standard InChI is InChI=1S/C20H17ClN2O3.C2H6/c1-4-22-26-12(2)18-19(13-6-5-7-15(10-13)25-3)16-11-14(21)8-9-17(16)23-20(18)24;1-2/h4-11H,2H2,1,3H3,(H,23,24);1-2H3/b22-4+;. The number of rotatable bonds is 5. The Morgan fingerprint density at radius 2 is 1.96 bits per heavy atom. The zero-order valence-electron chi connectivity index (χ0n) is 16.4. The van der Waals surface area contributed by atoms with Gasteiger partial charge in [0.15, 0.2) is 5.76 Å². The van der Waals surface area contributed by atoms with E-state index < -0.39 is 0 Å². The number of fused-ring (bicyclic) bond motifs is 1. The molecule has 1 N–H and O–H groups in total. The van der Waals surface area contributed by atoms with Gasteiger partial charge < -0.3 is 14.6 Å². The number of halogens is 1. The second-order valence-corrected chi connectivity index (χ2v) is 5.94. The number of hydrogen-bond acceptors (Lipinski definition) is 4. The van der Waals surface area contributed by atoms with E-state index >= 15 is 0 Å². The average molecular weight is 399 g/mol. The molecule has 0 saturated carbocycles. The number of aromatic nitrogens is 1. The molecule has 3 rings (SSSR count). The minimum Gasteiger partial charge on any atom is -0.497 e. The van der Waals surface area contributed by atoms with Gasteiger partial charge in [-0.3, -0.25) is 4.79 Å². The quantitative estimate of drug-likeness (QED) is 0.331. The molecular formula is C22H23ClN2O3. The van der Waals surface area contributed by atoms with E-state index in [9.17, 15) is 4.79 Å². The fourth-order valence-electron chi connectivity index (χ4n) is 2.77. The van der Waals surface area contributed by atoms with Crippen molar-refractivity contribution in [3.63, 3.8) is 0 Å². The lowest BCUT2D eigenvalue weighted by Gasteiger charge is -2.14. The van der Waals surface area contributed by atoms with E-state index in [0.717, 1.165) is 10.9 Å². The third kappa shape index (κ3) is 4.43. The summed E-state index contributed by atoms with van der Waals surface area (Å²) >= 11 is 6.20. The maximum atomic E-state index is 12.8. The van der Waals surface area contributed by atoms with Gasteiger partial charge in [0.1, 0.15) is 5.75 Å². The Labute approximate surface area is 169 Å². The normalized spacial score (nSPS) is 10.5. The summed E-state index contributed by atoms with van der Waals surface area (Å²) in [6.45, 7) is 9.57. The van der Waals surface area contributed by atoms with Crippen LogP contribution in [0.5, 0.6) is 5.75 Å². The Balaban J connectivity index is 0.00000136. The fraction of sp³-hybridized carbons (Fsp3) is 0.182. The molecule has 0 aliphatic heterocycles. The SMILES string of the molecule is C=C(O/N=C/C)c1c(-c2cccc(OC)c2)c2cc(Cl)ccc2[nH]c1=O.CC. The molecule has 0 amide bonds. The predicted molar refractivity (Wildman–Crippen MR) is 117 cm³/mol. The molecule has 0 fully saturated rings. The molecule has 0 aliphatic rings. The Morgan fingerprint density at radius 3 is 2.64 bits per heavy atom. The number of H-pyrrole nitrogens is 1. The van der Waals surface area contributed by atoms with Crippen molar-refractivity contribution in [3.05, 3.63) is 70.0 Å². The smallest absolute Gasteiger partial charge is 0.260 e. The van der Waals surface area contributed by atoms with Crippen LogP contribution in [0.4, 0.5) is 0 Å². The molecule has 28 heavy (non-hydrogen) atoms. The zero-order valence-corrected chi connectivity index (χ0v) is 17.1. The van der Waals surface area contributed by atoms with E-state index in [4.69, 9.17) is 21.2 Å². The Bertz CT molecular complexity index is 1070. The van der Waals surface area contributed by atoms with Crippen molar-refractivity contribution in [2.75, 3.05) is 7.11 Å². The van der Waals surface area contributed by atoms with Gasteiger partial charge in [0, 0.05) is 27.7 Å². The third-order valence-corrected chi connectivity index (χ3v) is 4.12. The van der Waals surface area contributed by atoms with Crippen LogP contribution in [0.25, 0.3) is 27.8 Å². The summed E-state index contributed by atoms with van der Waals surface area (Å²) in [7, 11) is 1.59. The van der Waals surface area contributed by atoms with Gasteiger partial charge in [-0.25, -0.2) is 0 Å². The van der Waals surface area contributed by atoms with E-state index in [-0.39, 0.29) is 11.3 Å². The molecule has 0 atom stereocenters. The summed E-state index contributed by atoms with van der Waals surface area (Å²) in [4.78, 5) is 20.8. The number of nitrogens with one attached hydrogen (secondary N) is 1. The molecule has 0 bridgehead atoms. The van der Waals surface area contributed by atoms with Crippen LogP contribution >= 0.6 is 11.6 Å². The second-order valence-electron chi connectivity index (χ2n) is 5.50. The Kier molecular flexibility index (Phi) is 7.41. The third-order valence-electron chi connectivity index (χ3n) is 3.88. The van der Waals surface area contributed by atoms with E-state index in [1.807, 2.05) is 38.1 Å². The monoisotopic (exact) mass is 398 g/mol. The molecular weight excluding hydrogens is 376 g/mol. The molecule has 0 saturated heterocycles. The first-order valence-electron chi connectivity index (χ1n) is 8.89. The molecule has 1 aromatic heterocycles. The van der Waals surface area contributed by atoms with E-state index in [2.05, 4.69) is 16.7 Å². The van der Waals surface area contributed by atoms with Crippen molar-refractivity contribution in [1.82, 2.24) is 4.98 Å². The van der Waals surface area contributed by atoms with Gasteiger partial charge >= 0.3 is 0 Å². The maximum absolute atomic E-state index is 12.8. The zero-order chi connectivity index (χ0) is 20.7. The van der Waals surface area contributed by atoms with Crippen molar-refractivity contribution in [1.29, 1.82) is 0 Å². The van der Waals surface area contributed by atoms with Crippen LogP contribution < -0.4 is 10.3 Å². The van der Waals surface area contributed by atoms with Gasteiger partial charge in [-0.1, -0.05) is 49.3 Å². The Hall–Kier alpha value is -3.05. The lowest BCUT2D eigenvalue weighted by atomic mass is 9.95. The first kappa shape index (κ1) is 21.3. The van der Waals surface area contributed by atoms with Gasteiger partial charge in [0.25, 0.3) is 5.56 Å². The molecule has 3 aromatic rings. The summed E-state index contributed by atoms with van der Waals surface area (Å²) in [6, 6.07) is 12.7. The van der Waals surface area contributed by atoms with Crippen molar-refractivity contribution < 1.29 is 9.57 Å². The van der Waals surface area contributed by atoms with Crippen molar-refractivity contribution in [2.24, 2.45) is 5.16 Å². The molecule has 0 radical (unpaired) electrons. The van der Waals surface area contributed by atoms with Crippen molar-refractivity contribution >= 4 is 34.5 Å². The number of oxime groups is 1. The summed E-state index contributed by atoms with van der Waals surface area (Å²) in [5, 5.41) is 5.05. The highest BCUT2D eigenvalue weighted by atomic mass is 35.5. The van der Waals surface area contributed by atoms with Crippen molar-refractivity contribution in [2.45, 2.75) is 20.8 Å². The minimum absolute atomic E-state index is 0.143. The largest absolute Gasteiger partial charge is 0.497 e. The highest BCUT2D eigenvalue weighted by molar-refractivity contribution is 6.31. The van der Waals surface area contributed by atoms with Gasteiger partial charge in [-0.2, -0.15) is 0 Å². The van der Waals surface area contributed by atoms with Gasteiger partial charge in [-0.05, 0) is 42.8 Å². The average Bonchev–Trinajstić information content (AvgIpc) is 2.72. The predicted octanol–water partition coefficient (Wildman–Crippen LogP) is 5.88. The molecule has 0 aliphatic carbocycles. The first-order valence-corrected chi connectivity index (χ1v) is 9.27. The number of benzene rings is 2. The van der Waals surface area contributed by atoms with Gasteiger partial charge in [0.2, 0.25) is 0 Å². The number of methoxy groups -OCH3 is 1. The molecule has 5 nitrogen and oxygen atoms in total. The topological polar surface area (TPSA) is 63.7 Å². The minimum atomic E-state index is -0.325. The van der Waals surface area contributed by atoms with Crippen LogP contribution in [-0.2, 0) is 4.84 Å². The number of nitrogens with zero attached hydrogens (tertiary/aromatic N) is 1. The molecule has 146 valence electrons. The molecule has 6 heteroatoms. The fourth-order valence-corrected chi connectivity index (χ4v) is 2.94. The molecule has 1 heterocycles. The summed E-state index contributed by atoms with van der Waals surface area (Å²) in [5.41, 5.74) is 2.06. The molecule has 0 unspecified atom stereocenters. The lowest BCUT2D eigenvalue weighted by molar-refractivity contribution is 0.301.